The molecule has 0 aliphatic carbocycles. The molecule has 5 heteroatoms. The molecule has 0 N–H and O–H groups in total. The van der Waals surface area contributed by atoms with Crippen LogP contribution in [0, 0.1) is 0 Å². The Bertz CT molecular complexity index is 620. The van der Waals surface area contributed by atoms with Crippen LogP contribution in [0.15, 0.2) is 34.3 Å². The second-order valence-electron chi connectivity index (χ2n) is 4.73. The van der Waals surface area contributed by atoms with Gasteiger partial charge >= 0.3 is 0 Å². The van der Waals surface area contributed by atoms with Crippen LogP contribution in [0.25, 0.3) is 0 Å². The lowest BCUT2D eigenvalue weighted by atomic mass is 10.1. The van der Waals surface area contributed by atoms with Crippen molar-refractivity contribution < 1.29 is 14.3 Å². The van der Waals surface area contributed by atoms with Gasteiger partial charge in [0.25, 0.3) is 5.91 Å². The van der Waals surface area contributed by atoms with Gasteiger partial charge in [-0.25, -0.2) is 0 Å². The number of carbonyl (C=O) groups excluding carboxylic acids is 1. The molecule has 1 aromatic carbocycles. The molecule has 0 fully saturated rings. The molecule has 5 nitrogen and oxygen atoms in total. The van der Waals surface area contributed by atoms with E-state index in [1.165, 1.54) is 5.57 Å². The minimum Gasteiger partial charge on any atom is -0.493 e. The third kappa shape index (κ3) is 1.95. The largest absolute Gasteiger partial charge is 0.493 e. The molecular weight excluding hydrogens is 256 g/mol. The maximum atomic E-state index is 12.4. The molecule has 2 aliphatic rings. The lowest BCUT2D eigenvalue weighted by Crippen LogP contribution is -2.26. The highest BCUT2D eigenvalue weighted by molar-refractivity contribution is 6.22. The number of methoxy groups -OCH3 is 2. The number of carbonyl (C=O) groups is 1. The third-order valence-corrected chi connectivity index (χ3v) is 3.65. The van der Waals surface area contributed by atoms with E-state index in [0.29, 0.717) is 18.0 Å². The van der Waals surface area contributed by atoms with Crippen LogP contribution in [0.4, 0.5) is 5.69 Å². The van der Waals surface area contributed by atoms with Crippen molar-refractivity contribution in [3.05, 3.63) is 29.3 Å². The maximum Gasteiger partial charge on any atom is 0.260 e. The summed E-state index contributed by atoms with van der Waals surface area (Å²) < 4.78 is 10.5. The van der Waals surface area contributed by atoms with Crippen molar-refractivity contribution in [2.24, 2.45) is 4.99 Å². The number of amides is 1. The summed E-state index contributed by atoms with van der Waals surface area (Å²) in [5.41, 5.74) is 2.72. The van der Waals surface area contributed by atoms with Crippen LogP contribution in [-0.2, 0) is 4.79 Å². The molecule has 0 saturated carbocycles. The third-order valence-electron chi connectivity index (χ3n) is 3.65. The Morgan fingerprint density at radius 1 is 1.20 bits per heavy atom. The molecular formula is C15H16N2O3. The number of benzene rings is 1. The van der Waals surface area contributed by atoms with Gasteiger partial charge in [-0.05, 0) is 24.1 Å². The number of dihydropyridines is 1. The van der Waals surface area contributed by atoms with Gasteiger partial charge in [0.05, 0.1) is 19.8 Å². The predicted molar refractivity (Wildman–Crippen MR) is 76.9 cm³/mol. The minimum absolute atomic E-state index is 0.00988. The topological polar surface area (TPSA) is 51.1 Å². The van der Waals surface area contributed by atoms with E-state index in [-0.39, 0.29) is 5.91 Å². The summed E-state index contributed by atoms with van der Waals surface area (Å²) in [5, 5.41) is 0. The molecule has 0 atom stereocenters. The van der Waals surface area contributed by atoms with Crippen LogP contribution in [0.5, 0.6) is 11.5 Å². The molecule has 0 unspecified atom stereocenters. The van der Waals surface area contributed by atoms with Gasteiger partial charge in [-0.1, -0.05) is 0 Å². The smallest absolute Gasteiger partial charge is 0.260 e. The van der Waals surface area contributed by atoms with E-state index < -0.39 is 0 Å². The molecule has 3 rings (SSSR count). The van der Waals surface area contributed by atoms with E-state index in [2.05, 4.69) is 4.99 Å². The van der Waals surface area contributed by atoms with E-state index >= 15 is 0 Å². The average molecular weight is 272 g/mol. The first-order chi connectivity index (χ1) is 9.74. The summed E-state index contributed by atoms with van der Waals surface area (Å²) in [6.45, 7) is 1.40. The van der Waals surface area contributed by atoms with Crippen molar-refractivity contribution in [3.8, 4) is 11.5 Å². The Hall–Kier alpha value is -2.30. The van der Waals surface area contributed by atoms with E-state index in [1.807, 2.05) is 18.2 Å². The van der Waals surface area contributed by atoms with E-state index in [9.17, 15) is 4.79 Å². The van der Waals surface area contributed by atoms with Gasteiger partial charge in [0.1, 0.15) is 0 Å². The van der Waals surface area contributed by atoms with E-state index in [1.54, 1.807) is 25.3 Å². The Balaban J connectivity index is 1.92. The van der Waals surface area contributed by atoms with Crippen LogP contribution < -0.4 is 14.4 Å². The van der Waals surface area contributed by atoms with Crippen LogP contribution in [0.1, 0.15) is 6.42 Å². The normalized spacial score (nSPS) is 17.5. The van der Waals surface area contributed by atoms with E-state index in [0.717, 1.165) is 24.2 Å². The Morgan fingerprint density at radius 3 is 2.70 bits per heavy atom. The van der Waals surface area contributed by atoms with Crippen molar-refractivity contribution >= 4 is 17.8 Å². The first kappa shape index (κ1) is 12.7. The van der Waals surface area contributed by atoms with Crippen molar-refractivity contribution in [2.45, 2.75) is 6.42 Å². The van der Waals surface area contributed by atoms with E-state index in [4.69, 9.17) is 9.47 Å². The summed E-state index contributed by atoms with van der Waals surface area (Å²) in [5.74, 6) is 1.29. The molecule has 2 aliphatic heterocycles. The molecule has 104 valence electrons. The molecule has 0 saturated heterocycles. The summed E-state index contributed by atoms with van der Waals surface area (Å²) in [6.07, 6.45) is 2.56. The van der Waals surface area contributed by atoms with Crippen molar-refractivity contribution in [1.82, 2.24) is 0 Å². The number of rotatable bonds is 3. The molecule has 0 spiro atoms. The molecule has 0 aromatic heterocycles. The van der Waals surface area contributed by atoms with Crippen molar-refractivity contribution in [2.75, 3.05) is 32.2 Å². The highest BCUT2D eigenvalue weighted by Gasteiger charge is 2.31. The zero-order chi connectivity index (χ0) is 14.1. The highest BCUT2D eigenvalue weighted by Crippen LogP contribution is 2.34. The summed E-state index contributed by atoms with van der Waals surface area (Å²) in [7, 11) is 3.18. The number of aliphatic imine (C=N–C) groups is 1. The molecule has 20 heavy (non-hydrogen) atoms. The quantitative estimate of drug-likeness (QED) is 0.843. The lowest BCUT2D eigenvalue weighted by molar-refractivity contribution is -0.114. The molecule has 0 radical (unpaired) electrons. The Labute approximate surface area is 117 Å². The van der Waals surface area contributed by atoms with Crippen molar-refractivity contribution in [3.63, 3.8) is 0 Å². The zero-order valence-corrected chi connectivity index (χ0v) is 11.5. The van der Waals surface area contributed by atoms with Crippen LogP contribution >= 0.6 is 0 Å². The summed E-state index contributed by atoms with van der Waals surface area (Å²) in [6, 6.07) is 5.51. The van der Waals surface area contributed by atoms with Gasteiger partial charge in [-0.2, -0.15) is 0 Å². The molecule has 1 amide bonds. The summed E-state index contributed by atoms with van der Waals surface area (Å²) in [4.78, 5) is 18.3. The second-order valence-corrected chi connectivity index (χ2v) is 4.73. The Kier molecular flexibility index (Phi) is 3.18. The number of ether oxygens (including phenoxy) is 2. The molecule has 2 heterocycles. The van der Waals surface area contributed by atoms with Gasteiger partial charge in [0.2, 0.25) is 0 Å². The SMILES string of the molecule is COc1ccc(N2CC3=C(C=NCC3)C2=O)cc1OC. The summed E-state index contributed by atoms with van der Waals surface area (Å²) >= 11 is 0. The Morgan fingerprint density at radius 2 is 2.00 bits per heavy atom. The van der Waals surface area contributed by atoms with Gasteiger partial charge in [0.15, 0.2) is 11.5 Å². The lowest BCUT2D eigenvalue weighted by Gasteiger charge is -2.18. The number of hydrogen-bond donors (Lipinski definition) is 0. The van der Waals surface area contributed by atoms with Gasteiger partial charge in [-0.15, -0.1) is 0 Å². The van der Waals surface area contributed by atoms with Crippen LogP contribution in [-0.4, -0.2) is 39.4 Å². The predicted octanol–water partition coefficient (Wildman–Crippen LogP) is 1.82. The first-order valence-electron chi connectivity index (χ1n) is 6.50. The molecule has 0 bridgehead atoms. The fraction of sp³-hybridized carbons (Fsp3) is 0.333. The van der Waals surface area contributed by atoms with Gasteiger partial charge < -0.3 is 14.4 Å². The number of nitrogens with zero attached hydrogens (tertiary/aromatic N) is 2. The zero-order valence-electron chi connectivity index (χ0n) is 11.5. The van der Waals surface area contributed by atoms with Gasteiger partial charge in [-0.3, -0.25) is 9.79 Å². The molecule has 1 aromatic rings. The number of hydrogen-bond acceptors (Lipinski definition) is 4. The first-order valence-corrected chi connectivity index (χ1v) is 6.50. The van der Waals surface area contributed by atoms with Crippen molar-refractivity contribution in [1.29, 1.82) is 0 Å². The highest BCUT2D eigenvalue weighted by atomic mass is 16.5. The fourth-order valence-electron chi connectivity index (χ4n) is 2.56. The monoisotopic (exact) mass is 272 g/mol. The second kappa shape index (κ2) is 5.00. The maximum absolute atomic E-state index is 12.4. The minimum atomic E-state index is 0.00988. The average Bonchev–Trinajstić information content (AvgIpc) is 2.84. The standard InChI is InChI=1S/C15H16N2O3/c1-19-13-4-3-11(7-14(13)20-2)17-9-10-5-6-16-8-12(10)15(17)18/h3-4,7-8H,5-6,9H2,1-2H3. The van der Waals surface area contributed by atoms with Crippen LogP contribution in [0.2, 0.25) is 0 Å². The van der Waals surface area contributed by atoms with Crippen LogP contribution in [0.3, 0.4) is 0 Å². The van der Waals surface area contributed by atoms with Gasteiger partial charge in [0, 0.05) is 31.1 Å². The fourth-order valence-corrected chi connectivity index (χ4v) is 2.56. The number of anilines is 1.